The number of rotatable bonds is 7. The summed E-state index contributed by atoms with van der Waals surface area (Å²) in [5.74, 6) is 1.08. The molecule has 2 heterocycles. The fourth-order valence-corrected chi connectivity index (χ4v) is 4.98. The van der Waals surface area contributed by atoms with Gasteiger partial charge in [0.15, 0.2) is 17.3 Å². The Morgan fingerprint density at radius 2 is 1.66 bits per heavy atom. The molecule has 3 aromatic rings. The van der Waals surface area contributed by atoms with Crippen molar-refractivity contribution < 1.29 is 22.3 Å². The summed E-state index contributed by atoms with van der Waals surface area (Å²) in [7, 11) is -0.708. The molecule has 1 saturated heterocycles. The van der Waals surface area contributed by atoms with E-state index in [0.717, 1.165) is 0 Å². The molecule has 4 rings (SSSR count). The van der Waals surface area contributed by atoms with Crippen LogP contribution in [-0.4, -0.2) is 78.2 Å². The molecule has 1 aliphatic heterocycles. The van der Waals surface area contributed by atoms with Crippen LogP contribution < -0.4 is 9.47 Å². The zero-order valence-electron chi connectivity index (χ0n) is 17.7. The van der Waals surface area contributed by atoms with Crippen LogP contribution in [0.25, 0.3) is 5.69 Å². The molecular formula is C20H23FN6O4S. The van der Waals surface area contributed by atoms with E-state index in [1.165, 1.54) is 42.8 Å². The quantitative estimate of drug-likeness (QED) is 0.518. The first-order valence-electron chi connectivity index (χ1n) is 9.90. The Hall–Kier alpha value is -3.09. The smallest absolute Gasteiger partial charge is 0.243 e. The van der Waals surface area contributed by atoms with E-state index in [1.807, 2.05) is 0 Å². The van der Waals surface area contributed by atoms with E-state index >= 15 is 0 Å². The number of benzene rings is 2. The summed E-state index contributed by atoms with van der Waals surface area (Å²) in [5, 5.41) is 11.8. The van der Waals surface area contributed by atoms with Crippen molar-refractivity contribution in [2.45, 2.75) is 11.4 Å². The van der Waals surface area contributed by atoms with Crippen molar-refractivity contribution in [3.05, 3.63) is 54.1 Å². The van der Waals surface area contributed by atoms with Gasteiger partial charge in [-0.05, 0) is 46.8 Å². The van der Waals surface area contributed by atoms with Crippen molar-refractivity contribution in [2.75, 3.05) is 40.4 Å². The van der Waals surface area contributed by atoms with E-state index in [2.05, 4.69) is 20.4 Å². The molecule has 0 radical (unpaired) electrons. The molecule has 1 aliphatic rings. The number of hydrogen-bond donors (Lipinski definition) is 0. The topological polar surface area (TPSA) is 103 Å². The molecule has 0 N–H and O–H groups in total. The Kier molecular flexibility index (Phi) is 6.35. The summed E-state index contributed by atoms with van der Waals surface area (Å²) in [5.41, 5.74) is 0.654. The van der Waals surface area contributed by atoms with Gasteiger partial charge in [-0.1, -0.05) is 0 Å². The average Bonchev–Trinajstić information content (AvgIpc) is 3.27. The van der Waals surface area contributed by atoms with Gasteiger partial charge in [0.05, 0.1) is 31.3 Å². The molecule has 170 valence electrons. The molecule has 1 aromatic heterocycles. The number of piperazine rings is 1. The minimum Gasteiger partial charge on any atom is -0.493 e. The second kappa shape index (κ2) is 9.18. The fourth-order valence-electron chi connectivity index (χ4n) is 3.54. The van der Waals surface area contributed by atoms with Gasteiger partial charge in [-0.25, -0.2) is 12.8 Å². The van der Waals surface area contributed by atoms with Crippen molar-refractivity contribution in [2.24, 2.45) is 0 Å². The fraction of sp³-hybridized carbons (Fsp3) is 0.350. The summed E-state index contributed by atoms with van der Waals surface area (Å²) in [4.78, 5) is 2.23. The number of halogens is 1. The van der Waals surface area contributed by atoms with E-state index < -0.39 is 10.0 Å². The molecule has 0 atom stereocenters. The molecular weight excluding hydrogens is 439 g/mol. The largest absolute Gasteiger partial charge is 0.493 e. The van der Waals surface area contributed by atoms with Crippen molar-refractivity contribution in [3.8, 4) is 17.2 Å². The van der Waals surface area contributed by atoms with Gasteiger partial charge in [0, 0.05) is 32.2 Å². The maximum atomic E-state index is 13.2. The summed E-state index contributed by atoms with van der Waals surface area (Å²) >= 11 is 0. The standard InChI is InChI=1S/C20H23FN6O4S/c1-30-18-8-7-17(13-19(18)31-2)32(28,29)26-11-9-25(10-12-26)14-20-22-23-24-27(20)16-5-3-15(21)4-6-16/h3-8,13H,9-12,14H2,1-2H3. The second-order valence-corrected chi connectivity index (χ2v) is 9.12. The lowest BCUT2D eigenvalue weighted by Gasteiger charge is -2.33. The van der Waals surface area contributed by atoms with Gasteiger partial charge in [0.1, 0.15) is 5.82 Å². The number of hydrogen-bond acceptors (Lipinski definition) is 8. The molecule has 0 unspecified atom stereocenters. The van der Waals surface area contributed by atoms with Gasteiger partial charge in [0.2, 0.25) is 10.0 Å². The zero-order chi connectivity index (χ0) is 22.7. The van der Waals surface area contributed by atoms with Crippen molar-refractivity contribution in [1.29, 1.82) is 0 Å². The Bertz CT molecular complexity index is 1180. The van der Waals surface area contributed by atoms with Crippen LogP contribution in [0.1, 0.15) is 5.82 Å². The predicted molar refractivity (Wildman–Crippen MR) is 113 cm³/mol. The normalized spacial score (nSPS) is 15.6. The molecule has 0 spiro atoms. The first kappa shape index (κ1) is 22.1. The maximum Gasteiger partial charge on any atom is 0.243 e. The highest BCUT2D eigenvalue weighted by Gasteiger charge is 2.30. The van der Waals surface area contributed by atoms with Crippen molar-refractivity contribution >= 4 is 10.0 Å². The maximum absolute atomic E-state index is 13.2. The first-order chi connectivity index (χ1) is 15.4. The second-order valence-electron chi connectivity index (χ2n) is 7.18. The molecule has 0 aliphatic carbocycles. The van der Waals surface area contributed by atoms with Gasteiger partial charge in [-0.2, -0.15) is 8.99 Å². The minimum absolute atomic E-state index is 0.156. The highest BCUT2D eigenvalue weighted by Crippen LogP contribution is 2.31. The Morgan fingerprint density at radius 1 is 0.969 bits per heavy atom. The zero-order valence-corrected chi connectivity index (χ0v) is 18.5. The third-order valence-corrected chi connectivity index (χ3v) is 7.19. The summed E-state index contributed by atoms with van der Waals surface area (Å²) < 4.78 is 52.8. The van der Waals surface area contributed by atoms with Crippen LogP contribution in [0.2, 0.25) is 0 Å². The van der Waals surface area contributed by atoms with E-state index in [0.29, 0.717) is 55.7 Å². The lowest BCUT2D eigenvalue weighted by molar-refractivity contribution is 0.177. The minimum atomic E-state index is -3.67. The number of ether oxygens (including phenoxy) is 2. The Morgan fingerprint density at radius 3 is 2.31 bits per heavy atom. The Labute approximate surface area is 185 Å². The van der Waals surface area contributed by atoms with Gasteiger partial charge < -0.3 is 9.47 Å². The molecule has 2 aromatic carbocycles. The highest BCUT2D eigenvalue weighted by molar-refractivity contribution is 7.89. The van der Waals surface area contributed by atoms with Gasteiger partial charge in [-0.3, -0.25) is 4.90 Å². The van der Waals surface area contributed by atoms with Crippen molar-refractivity contribution in [1.82, 2.24) is 29.4 Å². The average molecular weight is 463 g/mol. The molecule has 10 nitrogen and oxygen atoms in total. The van der Waals surface area contributed by atoms with Crippen LogP contribution in [0.5, 0.6) is 11.5 Å². The molecule has 0 saturated carbocycles. The van der Waals surface area contributed by atoms with Crippen LogP contribution in [0.4, 0.5) is 4.39 Å². The summed E-state index contributed by atoms with van der Waals surface area (Å²) in [6, 6.07) is 10.5. The van der Waals surface area contributed by atoms with Crippen molar-refractivity contribution in [3.63, 3.8) is 0 Å². The first-order valence-corrected chi connectivity index (χ1v) is 11.3. The van der Waals surface area contributed by atoms with E-state index in [4.69, 9.17) is 9.47 Å². The van der Waals surface area contributed by atoms with E-state index in [1.54, 1.807) is 22.9 Å². The number of methoxy groups -OCH3 is 2. The van der Waals surface area contributed by atoms with E-state index in [-0.39, 0.29) is 10.7 Å². The van der Waals surface area contributed by atoms with Crippen LogP contribution in [0.3, 0.4) is 0 Å². The SMILES string of the molecule is COc1ccc(S(=O)(=O)N2CCN(Cc3nnnn3-c3ccc(F)cc3)CC2)cc1OC. The van der Waals surface area contributed by atoms with Gasteiger partial charge in [-0.15, -0.1) is 5.10 Å². The molecule has 1 fully saturated rings. The third-order valence-electron chi connectivity index (χ3n) is 5.29. The van der Waals surface area contributed by atoms with Crippen LogP contribution in [-0.2, 0) is 16.6 Å². The molecule has 32 heavy (non-hydrogen) atoms. The molecule has 12 heteroatoms. The number of sulfonamides is 1. The number of aromatic nitrogens is 4. The van der Waals surface area contributed by atoms with Gasteiger partial charge >= 0.3 is 0 Å². The van der Waals surface area contributed by atoms with Crippen LogP contribution in [0.15, 0.2) is 47.4 Å². The predicted octanol–water partition coefficient (Wildman–Crippen LogP) is 1.33. The number of nitrogens with zero attached hydrogens (tertiary/aromatic N) is 6. The highest BCUT2D eigenvalue weighted by atomic mass is 32.2. The summed E-state index contributed by atoms with van der Waals surface area (Å²) in [6.45, 7) is 2.13. The third kappa shape index (κ3) is 4.42. The van der Waals surface area contributed by atoms with Crippen LogP contribution >= 0.6 is 0 Å². The number of tetrazole rings is 1. The van der Waals surface area contributed by atoms with Crippen LogP contribution in [0, 0.1) is 5.82 Å². The Balaban J connectivity index is 1.43. The lowest BCUT2D eigenvalue weighted by Crippen LogP contribution is -2.48. The summed E-state index contributed by atoms with van der Waals surface area (Å²) in [6.07, 6.45) is 0. The van der Waals surface area contributed by atoms with E-state index in [9.17, 15) is 12.8 Å². The lowest BCUT2D eigenvalue weighted by atomic mass is 10.3. The molecule has 0 amide bonds. The van der Waals surface area contributed by atoms with Gasteiger partial charge in [0.25, 0.3) is 0 Å². The molecule has 0 bridgehead atoms. The monoisotopic (exact) mass is 462 g/mol.